The SMILES string of the molecule is Nc1nc2[nH]cc(CCc3ccc(C(=O)NC(CCOC=O)OC=O)cc3)c2c(=O)[nH]1. The lowest BCUT2D eigenvalue weighted by Crippen LogP contribution is -2.37. The second kappa shape index (κ2) is 10.1. The molecule has 3 rings (SSSR count). The molecule has 5 N–H and O–H groups in total. The number of carbonyl (C=O) groups excluding carboxylic acids is 3. The Morgan fingerprint density at radius 3 is 2.68 bits per heavy atom. The van der Waals surface area contributed by atoms with Crippen molar-refractivity contribution in [3.63, 3.8) is 0 Å². The van der Waals surface area contributed by atoms with Gasteiger partial charge in [0.15, 0.2) is 6.23 Å². The number of carbonyl (C=O) groups is 3. The molecule has 1 aromatic carbocycles. The van der Waals surface area contributed by atoms with Gasteiger partial charge in [-0.1, -0.05) is 12.1 Å². The number of benzene rings is 1. The number of rotatable bonds is 11. The zero-order chi connectivity index (χ0) is 22.2. The first-order valence-corrected chi connectivity index (χ1v) is 9.41. The van der Waals surface area contributed by atoms with Crippen LogP contribution in [0.3, 0.4) is 0 Å². The molecule has 1 unspecified atom stereocenters. The number of aromatic amines is 2. The number of hydrogen-bond acceptors (Lipinski definition) is 8. The minimum atomic E-state index is -0.910. The fourth-order valence-electron chi connectivity index (χ4n) is 3.11. The molecule has 1 amide bonds. The van der Waals surface area contributed by atoms with Gasteiger partial charge >= 0.3 is 0 Å². The third-order valence-electron chi connectivity index (χ3n) is 4.62. The minimum absolute atomic E-state index is 0.00000832. The highest BCUT2D eigenvalue weighted by Gasteiger charge is 2.15. The smallest absolute Gasteiger partial charge is 0.295 e. The molecule has 31 heavy (non-hydrogen) atoms. The van der Waals surface area contributed by atoms with Gasteiger partial charge in [-0.15, -0.1) is 0 Å². The van der Waals surface area contributed by atoms with Crippen LogP contribution in [0.4, 0.5) is 5.95 Å². The fraction of sp³-hybridized carbons (Fsp3) is 0.250. The van der Waals surface area contributed by atoms with Crippen LogP contribution in [0, 0.1) is 0 Å². The molecule has 0 radical (unpaired) electrons. The van der Waals surface area contributed by atoms with Gasteiger partial charge in [-0.3, -0.25) is 24.2 Å². The quantitative estimate of drug-likeness (QED) is 0.194. The van der Waals surface area contributed by atoms with Gasteiger partial charge in [0, 0.05) is 18.2 Å². The zero-order valence-corrected chi connectivity index (χ0v) is 16.4. The molecule has 0 aliphatic rings. The Bertz CT molecular complexity index is 1120. The number of ether oxygens (including phenoxy) is 2. The molecule has 2 aromatic heterocycles. The molecule has 162 valence electrons. The summed E-state index contributed by atoms with van der Waals surface area (Å²) >= 11 is 0. The van der Waals surface area contributed by atoms with Crippen LogP contribution in [0.5, 0.6) is 0 Å². The number of nitrogen functional groups attached to an aromatic ring is 1. The molecule has 11 nitrogen and oxygen atoms in total. The van der Waals surface area contributed by atoms with E-state index in [0.29, 0.717) is 29.4 Å². The van der Waals surface area contributed by atoms with Crippen LogP contribution in [-0.2, 0) is 31.9 Å². The summed E-state index contributed by atoms with van der Waals surface area (Å²) in [6, 6.07) is 6.90. The van der Waals surface area contributed by atoms with E-state index in [0.717, 1.165) is 11.1 Å². The summed E-state index contributed by atoms with van der Waals surface area (Å²) < 4.78 is 9.33. The van der Waals surface area contributed by atoms with Gasteiger partial charge in [0.1, 0.15) is 5.65 Å². The van der Waals surface area contributed by atoms with Crippen LogP contribution in [0.2, 0.25) is 0 Å². The summed E-state index contributed by atoms with van der Waals surface area (Å²) in [4.78, 5) is 54.8. The third kappa shape index (κ3) is 5.47. The number of aryl methyl sites for hydroxylation is 2. The topological polar surface area (TPSA) is 169 Å². The number of H-pyrrole nitrogens is 2. The first kappa shape index (κ1) is 21.6. The van der Waals surface area contributed by atoms with Crippen LogP contribution in [0.15, 0.2) is 35.3 Å². The predicted molar refractivity (Wildman–Crippen MR) is 110 cm³/mol. The third-order valence-corrected chi connectivity index (χ3v) is 4.62. The molecule has 1 atom stereocenters. The molecule has 0 saturated carbocycles. The van der Waals surface area contributed by atoms with Crippen LogP contribution in [0.25, 0.3) is 11.0 Å². The summed E-state index contributed by atoms with van der Waals surface area (Å²) in [7, 11) is 0. The minimum Gasteiger partial charge on any atom is -0.468 e. The lowest BCUT2D eigenvalue weighted by atomic mass is 10.0. The van der Waals surface area contributed by atoms with E-state index < -0.39 is 12.1 Å². The normalized spacial score (nSPS) is 11.6. The van der Waals surface area contributed by atoms with Crippen molar-refractivity contribution in [3.8, 4) is 0 Å². The summed E-state index contributed by atoms with van der Waals surface area (Å²) in [5.74, 6) is -0.381. The van der Waals surface area contributed by atoms with E-state index in [2.05, 4.69) is 25.0 Å². The largest absolute Gasteiger partial charge is 0.468 e. The number of amides is 1. The maximum atomic E-state index is 12.4. The highest BCUT2D eigenvalue weighted by molar-refractivity contribution is 5.94. The molecule has 0 aliphatic heterocycles. The molecule has 3 aromatic rings. The maximum absolute atomic E-state index is 12.4. The molecule has 0 saturated heterocycles. The van der Waals surface area contributed by atoms with Crippen molar-refractivity contribution >= 4 is 35.8 Å². The number of nitrogens with two attached hydrogens (primary N) is 1. The highest BCUT2D eigenvalue weighted by atomic mass is 16.5. The maximum Gasteiger partial charge on any atom is 0.295 e. The summed E-state index contributed by atoms with van der Waals surface area (Å²) in [5, 5.41) is 3.03. The number of hydrogen-bond donors (Lipinski definition) is 4. The molecule has 0 aliphatic carbocycles. The molecule has 0 bridgehead atoms. The molecule has 0 fully saturated rings. The second-order valence-electron chi connectivity index (χ2n) is 6.64. The summed E-state index contributed by atoms with van der Waals surface area (Å²) in [5.41, 5.74) is 7.85. The summed E-state index contributed by atoms with van der Waals surface area (Å²) in [6.07, 6.45) is 2.18. The van der Waals surface area contributed by atoms with Gasteiger partial charge in [-0.2, -0.15) is 4.98 Å². The first-order chi connectivity index (χ1) is 15.0. The highest BCUT2D eigenvalue weighted by Crippen LogP contribution is 2.16. The molecular weight excluding hydrogens is 406 g/mol. The Kier molecular flexibility index (Phi) is 6.99. The van der Waals surface area contributed by atoms with Crippen molar-refractivity contribution in [1.29, 1.82) is 0 Å². The van der Waals surface area contributed by atoms with Crippen LogP contribution < -0.4 is 16.6 Å². The van der Waals surface area contributed by atoms with Crippen LogP contribution in [-0.4, -0.2) is 46.6 Å². The van der Waals surface area contributed by atoms with Crippen molar-refractivity contribution in [3.05, 3.63) is 57.5 Å². The standard InChI is InChI=1S/C20H21N5O6/c21-20-24-17-16(19(29)25-20)14(9-22-17)6-3-12-1-4-13(5-2-12)18(28)23-15(31-11-27)7-8-30-10-26/h1-2,4-5,9-11,15H,3,6-8H2,(H,23,28)(H4,21,22,24,25,29). The Morgan fingerprint density at radius 1 is 1.19 bits per heavy atom. The van der Waals surface area contributed by atoms with E-state index in [9.17, 15) is 19.2 Å². The number of aromatic nitrogens is 3. The fourth-order valence-corrected chi connectivity index (χ4v) is 3.11. The van der Waals surface area contributed by atoms with Gasteiger partial charge in [0.2, 0.25) is 5.95 Å². The van der Waals surface area contributed by atoms with Gasteiger partial charge in [0.05, 0.1) is 12.0 Å². The summed E-state index contributed by atoms with van der Waals surface area (Å²) in [6.45, 7) is 0.492. The number of fused-ring (bicyclic) bond motifs is 1. The van der Waals surface area contributed by atoms with Crippen molar-refractivity contribution < 1.29 is 23.9 Å². The lowest BCUT2D eigenvalue weighted by Gasteiger charge is -2.16. The second-order valence-corrected chi connectivity index (χ2v) is 6.64. The van der Waals surface area contributed by atoms with Gasteiger partial charge < -0.3 is 25.5 Å². The van der Waals surface area contributed by atoms with Gasteiger partial charge in [0.25, 0.3) is 24.4 Å². The lowest BCUT2D eigenvalue weighted by molar-refractivity contribution is -0.136. The molecule has 0 spiro atoms. The number of anilines is 1. The Hall–Kier alpha value is -4.15. The van der Waals surface area contributed by atoms with Crippen molar-refractivity contribution in [1.82, 2.24) is 20.3 Å². The molecule has 2 heterocycles. The average Bonchev–Trinajstić information content (AvgIpc) is 3.16. The van der Waals surface area contributed by atoms with E-state index in [1.807, 2.05) is 0 Å². The number of nitrogens with zero attached hydrogens (tertiary/aromatic N) is 1. The van der Waals surface area contributed by atoms with Crippen LogP contribution in [0.1, 0.15) is 27.9 Å². The Balaban J connectivity index is 1.61. The average molecular weight is 427 g/mol. The van der Waals surface area contributed by atoms with E-state index >= 15 is 0 Å². The molecular formula is C20H21N5O6. The predicted octanol–water partition coefficient (Wildman–Crippen LogP) is 0.411. The van der Waals surface area contributed by atoms with Gasteiger partial charge in [-0.25, -0.2) is 0 Å². The molecule has 11 heteroatoms. The first-order valence-electron chi connectivity index (χ1n) is 9.41. The van der Waals surface area contributed by atoms with Crippen molar-refractivity contribution in [2.75, 3.05) is 12.3 Å². The van der Waals surface area contributed by atoms with E-state index in [1.54, 1.807) is 30.5 Å². The van der Waals surface area contributed by atoms with Crippen molar-refractivity contribution in [2.45, 2.75) is 25.5 Å². The zero-order valence-electron chi connectivity index (χ0n) is 16.4. The number of nitrogens with one attached hydrogen (secondary N) is 3. The van der Waals surface area contributed by atoms with Crippen LogP contribution >= 0.6 is 0 Å². The van der Waals surface area contributed by atoms with E-state index in [-0.39, 0.29) is 37.5 Å². The monoisotopic (exact) mass is 427 g/mol. The Labute approximate surface area is 176 Å². The van der Waals surface area contributed by atoms with E-state index in [1.165, 1.54) is 0 Å². The Morgan fingerprint density at radius 2 is 1.97 bits per heavy atom. The van der Waals surface area contributed by atoms with Gasteiger partial charge in [-0.05, 0) is 36.1 Å². The van der Waals surface area contributed by atoms with E-state index in [4.69, 9.17) is 10.5 Å². The van der Waals surface area contributed by atoms with Crippen molar-refractivity contribution in [2.24, 2.45) is 0 Å².